The van der Waals surface area contributed by atoms with Crippen LogP contribution >= 0.6 is 0 Å². The molecular formula is C15H13FN2O. The maximum atomic E-state index is 13.2. The predicted octanol–water partition coefficient (Wildman–Crippen LogP) is 3.07. The quantitative estimate of drug-likeness (QED) is 0.714. The van der Waals surface area contributed by atoms with Crippen LogP contribution in [0.15, 0.2) is 41.2 Å². The van der Waals surface area contributed by atoms with Gasteiger partial charge in [-0.1, -0.05) is 17.7 Å². The molecule has 19 heavy (non-hydrogen) atoms. The van der Waals surface area contributed by atoms with Gasteiger partial charge in [-0.25, -0.2) is 9.18 Å². The smallest absolute Gasteiger partial charge is 0.305 e. The maximum Gasteiger partial charge on any atom is 0.331 e. The number of nitrogens with one attached hydrogen (secondary N) is 1. The van der Waals surface area contributed by atoms with Crippen LogP contribution in [-0.2, 0) is 0 Å². The molecule has 0 unspecified atom stereocenters. The van der Waals surface area contributed by atoms with Crippen LogP contribution in [0.4, 0.5) is 4.39 Å². The van der Waals surface area contributed by atoms with Crippen molar-refractivity contribution in [2.45, 2.75) is 13.8 Å². The SMILES string of the molecule is Cc1ccc(-n2c(=O)[nH]c3cc(F)ccc32)c(C)c1. The van der Waals surface area contributed by atoms with Crippen molar-refractivity contribution >= 4 is 11.0 Å². The van der Waals surface area contributed by atoms with E-state index in [1.807, 2.05) is 32.0 Å². The zero-order valence-corrected chi connectivity index (χ0v) is 10.7. The summed E-state index contributed by atoms with van der Waals surface area (Å²) in [4.78, 5) is 14.7. The summed E-state index contributed by atoms with van der Waals surface area (Å²) in [6.45, 7) is 3.96. The Balaban J connectivity index is 2.36. The highest BCUT2D eigenvalue weighted by Gasteiger charge is 2.11. The molecule has 3 rings (SSSR count). The molecule has 3 aromatic rings. The van der Waals surface area contributed by atoms with Gasteiger partial charge in [0, 0.05) is 0 Å². The van der Waals surface area contributed by atoms with Crippen molar-refractivity contribution in [3.63, 3.8) is 0 Å². The molecule has 0 spiro atoms. The summed E-state index contributed by atoms with van der Waals surface area (Å²) < 4.78 is 14.8. The van der Waals surface area contributed by atoms with Gasteiger partial charge in [0.1, 0.15) is 5.82 Å². The zero-order chi connectivity index (χ0) is 13.6. The molecule has 0 aliphatic heterocycles. The van der Waals surface area contributed by atoms with Crippen molar-refractivity contribution in [2.75, 3.05) is 0 Å². The Labute approximate surface area is 109 Å². The lowest BCUT2D eigenvalue weighted by molar-refractivity contribution is 0.629. The van der Waals surface area contributed by atoms with E-state index in [2.05, 4.69) is 4.98 Å². The molecule has 1 aromatic heterocycles. The molecule has 2 aromatic carbocycles. The van der Waals surface area contributed by atoms with E-state index >= 15 is 0 Å². The molecule has 0 amide bonds. The van der Waals surface area contributed by atoms with Crippen molar-refractivity contribution in [2.24, 2.45) is 0 Å². The highest BCUT2D eigenvalue weighted by Crippen LogP contribution is 2.20. The Hall–Kier alpha value is -2.36. The second kappa shape index (κ2) is 4.09. The van der Waals surface area contributed by atoms with Gasteiger partial charge in [0.15, 0.2) is 0 Å². The first-order chi connectivity index (χ1) is 9.06. The van der Waals surface area contributed by atoms with Gasteiger partial charge in [-0.15, -0.1) is 0 Å². The molecule has 1 heterocycles. The molecule has 0 aliphatic carbocycles. The Kier molecular flexibility index (Phi) is 2.52. The molecule has 3 nitrogen and oxygen atoms in total. The summed E-state index contributed by atoms with van der Waals surface area (Å²) in [5, 5.41) is 0. The fraction of sp³-hybridized carbons (Fsp3) is 0.133. The number of hydrogen-bond donors (Lipinski definition) is 1. The number of imidazole rings is 1. The van der Waals surface area contributed by atoms with Crippen LogP contribution in [-0.4, -0.2) is 9.55 Å². The van der Waals surface area contributed by atoms with Gasteiger partial charge in [-0.2, -0.15) is 0 Å². The Morgan fingerprint density at radius 3 is 2.63 bits per heavy atom. The van der Waals surface area contributed by atoms with Crippen molar-refractivity contribution in [1.82, 2.24) is 9.55 Å². The van der Waals surface area contributed by atoms with E-state index in [4.69, 9.17) is 0 Å². The number of nitrogens with zero attached hydrogens (tertiary/aromatic N) is 1. The minimum Gasteiger partial charge on any atom is -0.305 e. The molecule has 0 saturated heterocycles. The third-order valence-electron chi connectivity index (χ3n) is 3.24. The van der Waals surface area contributed by atoms with E-state index < -0.39 is 0 Å². The molecule has 0 bridgehead atoms. The molecule has 0 aliphatic rings. The third-order valence-corrected chi connectivity index (χ3v) is 3.24. The number of aryl methyl sites for hydroxylation is 2. The van der Waals surface area contributed by atoms with Gasteiger partial charge in [-0.05, 0) is 43.7 Å². The first-order valence-electron chi connectivity index (χ1n) is 6.04. The minimum absolute atomic E-state index is 0.257. The molecular weight excluding hydrogens is 243 g/mol. The van der Waals surface area contributed by atoms with Gasteiger partial charge in [0.25, 0.3) is 0 Å². The lowest BCUT2D eigenvalue weighted by Crippen LogP contribution is -2.15. The number of benzene rings is 2. The van der Waals surface area contributed by atoms with Crippen molar-refractivity contribution in [3.05, 3.63) is 63.8 Å². The molecule has 0 atom stereocenters. The van der Waals surface area contributed by atoms with Crippen molar-refractivity contribution in [3.8, 4) is 5.69 Å². The minimum atomic E-state index is -0.360. The summed E-state index contributed by atoms with van der Waals surface area (Å²) in [5.41, 5.74) is 3.89. The van der Waals surface area contributed by atoms with E-state index in [0.29, 0.717) is 11.0 Å². The lowest BCUT2D eigenvalue weighted by atomic mass is 10.1. The number of fused-ring (bicyclic) bond motifs is 1. The molecule has 96 valence electrons. The average Bonchev–Trinajstić information content (AvgIpc) is 2.65. The lowest BCUT2D eigenvalue weighted by Gasteiger charge is -2.08. The number of hydrogen-bond acceptors (Lipinski definition) is 1. The first kappa shape index (κ1) is 11.7. The fourth-order valence-corrected chi connectivity index (χ4v) is 2.38. The molecule has 1 N–H and O–H groups in total. The van der Waals surface area contributed by atoms with Crippen LogP contribution in [0, 0.1) is 19.7 Å². The Bertz CT molecular complexity index is 830. The summed E-state index contributed by atoms with van der Waals surface area (Å²) in [5.74, 6) is -0.360. The highest BCUT2D eigenvalue weighted by molar-refractivity contribution is 5.77. The van der Waals surface area contributed by atoms with Crippen LogP contribution in [0.2, 0.25) is 0 Å². The molecule has 4 heteroatoms. The van der Waals surface area contributed by atoms with Gasteiger partial charge in [-0.3, -0.25) is 4.57 Å². The largest absolute Gasteiger partial charge is 0.331 e. The first-order valence-corrected chi connectivity index (χ1v) is 6.04. The van der Waals surface area contributed by atoms with Crippen LogP contribution < -0.4 is 5.69 Å². The molecule has 0 radical (unpaired) electrons. The van der Waals surface area contributed by atoms with Gasteiger partial charge < -0.3 is 4.98 Å². The predicted molar refractivity (Wildman–Crippen MR) is 73.3 cm³/mol. The summed E-state index contributed by atoms with van der Waals surface area (Å²) >= 11 is 0. The highest BCUT2D eigenvalue weighted by atomic mass is 19.1. The van der Waals surface area contributed by atoms with Crippen LogP contribution in [0.3, 0.4) is 0 Å². The number of aromatic amines is 1. The summed E-state index contributed by atoms with van der Waals surface area (Å²) in [6, 6.07) is 10.2. The zero-order valence-electron chi connectivity index (χ0n) is 10.7. The standard InChI is InChI=1S/C15H13FN2O/c1-9-3-5-13(10(2)7-9)18-14-6-4-11(16)8-12(14)17-15(18)19/h3-8H,1-2H3,(H,17,19). The van der Waals surface area contributed by atoms with Crippen LogP contribution in [0.5, 0.6) is 0 Å². The van der Waals surface area contributed by atoms with Crippen molar-refractivity contribution < 1.29 is 4.39 Å². The molecule has 0 saturated carbocycles. The maximum absolute atomic E-state index is 13.2. The van der Waals surface area contributed by atoms with E-state index in [0.717, 1.165) is 16.8 Å². The normalized spacial score (nSPS) is 11.1. The van der Waals surface area contributed by atoms with E-state index in [1.54, 1.807) is 10.6 Å². The van der Waals surface area contributed by atoms with Crippen LogP contribution in [0.1, 0.15) is 11.1 Å². The monoisotopic (exact) mass is 256 g/mol. The second-order valence-electron chi connectivity index (χ2n) is 4.72. The Morgan fingerprint density at radius 1 is 1.11 bits per heavy atom. The number of aromatic nitrogens is 2. The second-order valence-corrected chi connectivity index (χ2v) is 4.72. The van der Waals surface area contributed by atoms with E-state index in [9.17, 15) is 9.18 Å². The Morgan fingerprint density at radius 2 is 1.89 bits per heavy atom. The average molecular weight is 256 g/mol. The van der Waals surface area contributed by atoms with E-state index in [-0.39, 0.29) is 11.5 Å². The summed E-state index contributed by atoms with van der Waals surface area (Å²) in [7, 11) is 0. The van der Waals surface area contributed by atoms with Gasteiger partial charge >= 0.3 is 5.69 Å². The van der Waals surface area contributed by atoms with Crippen LogP contribution in [0.25, 0.3) is 16.7 Å². The topological polar surface area (TPSA) is 37.8 Å². The van der Waals surface area contributed by atoms with Gasteiger partial charge in [0.05, 0.1) is 16.7 Å². The molecule has 0 fully saturated rings. The number of H-pyrrole nitrogens is 1. The van der Waals surface area contributed by atoms with Crippen molar-refractivity contribution in [1.29, 1.82) is 0 Å². The number of rotatable bonds is 1. The van der Waals surface area contributed by atoms with E-state index in [1.165, 1.54) is 12.1 Å². The third kappa shape index (κ3) is 1.85. The summed E-state index contributed by atoms with van der Waals surface area (Å²) in [6.07, 6.45) is 0. The van der Waals surface area contributed by atoms with Gasteiger partial charge in [0.2, 0.25) is 0 Å². The fourth-order valence-electron chi connectivity index (χ4n) is 2.38. The number of halogens is 1.